The normalized spacial score (nSPS) is 17.6. The number of ether oxygens (including phenoxy) is 1. The summed E-state index contributed by atoms with van der Waals surface area (Å²) in [6.45, 7) is 2.25. The fraction of sp³-hybridized carbons (Fsp3) is 0.318. The third kappa shape index (κ3) is 4.08. The van der Waals surface area contributed by atoms with Crippen LogP contribution < -0.4 is 4.74 Å². The third-order valence-electron chi connectivity index (χ3n) is 5.10. The van der Waals surface area contributed by atoms with Gasteiger partial charge < -0.3 is 9.84 Å². The van der Waals surface area contributed by atoms with Crippen LogP contribution in [0.25, 0.3) is 16.9 Å². The minimum Gasteiger partial charge on any atom is -0.497 e. The Morgan fingerprint density at radius 2 is 2.04 bits per heavy atom. The summed E-state index contributed by atoms with van der Waals surface area (Å²) < 4.78 is 20.9. The Morgan fingerprint density at radius 1 is 1.21 bits per heavy atom. The summed E-state index contributed by atoms with van der Waals surface area (Å²) >= 11 is 0. The molecule has 0 unspecified atom stereocenters. The van der Waals surface area contributed by atoms with E-state index < -0.39 is 0 Å². The number of aliphatic hydroxyl groups is 1. The van der Waals surface area contributed by atoms with Crippen LogP contribution in [0.5, 0.6) is 5.75 Å². The zero-order chi connectivity index (χ0) is 19.5. The number of aliphatic hydroxyl groups excluding tert-OH is 1. The van der Waals surface area contributed by atoms with Gasteiger partial charge in [0.15, 0.2) is 0 Å². The van der Waals surface area contributed by atoms with E-state index in [1.165, 1.54) is 12.1 Å². The van der Waals surface area contributed by atoms with E-state index in [2.05, 4.69) is 4.90 Å². The molecule has 146 valence electrons. The van der Waals surface area contributed by atoms with Crippen LogP contribution in [0, 0.1) is 5.82 Å². The Morgan fingerprint density at radius 3 is 2.75 bits per heavy atom. The van der Waals surface area contributed by atoms with Gasteiger partial charge in [-0.25, -0.2) is 9.07 Å². The third-order valence-corrected chi connectivity index (χ3v) is 5.10. The number of benzene rings is 2. The molecule has 0 aliphatic carbocycles. The van der Waals surface area contributed by atoms with Gasteiger partial charge in [-0.2, -0.15) is 5.10 Å². The van der Waals surface area contributed by atoms with Gasteiger partial charge in [0.2, 0.25) is 0 Å². The van der Waals surface area contributed by atoms with Crippen molar-refractivity contribution in [2.75, 3.05) is 20.2 Å². The number of rotatable bonds is 5. The number of hydrogen-bond acceptors (Lipinski definition) is 4. The number of β-amino-alcohol motifs (C(OH)–C–C–N with tert-alkyl or cyclic N) is 1. The predicted molar refractivity (Wildman–Crippen MR) is 106 cm³/mol. The molecule has 0 amide bonds. The first kappa shape index (κ1) is 18.7. The number of methoxy groups -OCH3 is 1. The minimum absolute atomic E-state index is 0.282. The molecular weight excluding hydrogens is 357 g/mol. The maximum atomic E-state index is 13.8. The molecule has 2 heterocycles. The van der Waals surface area contributed by atoms with E-state index in [1.54, 1.807) is 13.2 Å². The highest BCUT2D eigenvalue weighted by molar-refractivity contribution is 5.63. The minimum atomic E-state index is -0.289. The summed E-state index contributed by atoms with van der Waals surface area (Å²) in [4.78, 5) is 2.23. The van der Waals surface area contributed by atoms with E-state index in [-0.39, 0.29) is 11.9 Å². The average molecular weight is 381 g/mol. The van der Waals surface area contributed by atoms with Crippen LogP contribution in [0.1, 0.15) is 18.4 Å². The quantitative estimate of drug-likeness (QED) is 0.733. The highest BCUT2D eigenvalue weighted by atomic mass is 19.1. The topological polar surface area (TPSA) is 50.5 Å². The molecule has 1 N–H and O–H groups in total. The lowest BCUT2D eigenvalue weighted by molar-refractivity contribution is 0.0669. The molecule has 0 bridgehead atoms. The van der Waals surface area contributed by atoms with Crippen molar-refractivity contribution < 1.29 is 14.2 Å². The summed E-state index contributed by atoms with van der Waals surface area (Å²) in [5, 5.41) is 14.7. The molecular formula is C22H24FN3O2. The lowest BCUT2D eigenvalue weighted by Gasteiger charge is -2.29. The van der Waals surface area contributed by atoms with Gasteiger partial charge in [-0.3, -0.25) is 4.90 Å². The van der Waals surface area contributed by atoms with Crippen LogP contribution in [0.2, 0.25) is 0 Å². The van der Waals surface area contributed by atoms with Crippen LogP contribution in [0.15, 0.2) is 54.7 Å². The standard InChI is InChI=1S/C22H24FN3O2/c1-28-21-9-7-19(8-10-21)26-14-17(13-25-11-3-6-20(27)15-25)22(24-26)16-4-2-5-18(23)12-16/h2,4-5,7-10,12,14,20,27H,3,6,11,13,15H2,1H3/t20-/m1/s1. The number of nitrogens with zero attached hydrogens (tertiary/aromatic N) is 3. The van der Waals surface area contributed by atoms with Crippen molar-refractivity contribution in [2.45, 2.75) is 25.5 Å². The van der Waals surface area contributed by atoms with Gasteiger partial charge in [0.25, 0.3) is 0 Å². The number of aromatic nitrogens is 2. The molecule has 1 saturated heterocycles. The summed E-state index contributed by atoms with van der Waals surface area (Å²) in [6.07, 6.45) is 3.52. The smallest absolute Gasteiger partial charge is 0.123 e. The van der Waals surface area contributed by atoms with Gasteiger partial charge in [0.1, 0.15) is 11.6 Å². The van der Waals surface area contributed by atoms with Gasteiger partial charge >= 0.3 is 0 Å². The largest absolute Gasteiger partial charge is 0.497 e. The predicted octanol–water partition coefficient (Wildman–Crippen LogP) is 3.64. The van der Waals surface area contributed by atoms with E-state index in [0.717, 1.165) is 47.6 Å². The fourth-order valence-corrected chi connectivity index (χ4v) is 3.69. The molecule has 2 aromatic carbocycles. The molecule has 6 heteroatoms. The van der Waals surface area contributed by atoms with Crippen LogP contribution in [-0.4, -0.2) is 46.1 Å². The van der Waals surface area contributed by atoms with Gasteiger partial charge in [0, 0.05) is 30.4 Å². The Labute approximate surface area is 164 Å². The maximum absolute atomic E-state index is 13.8. The second-order valence-electron chi connectivity index (χ2n) is 7.19. The molecule has 1 atom stereocenters. The van der Waals surface area contributed by atoms with E-state index >= 15 is 0 Å². The molecule has 1 fully saturated rings. The van der Waals surface area contributed by atoms with Gasteiger partial charge in [-0.1, -0.05) is 12.1 Å². The Hall–Kier alpha value is -2.70. The second kappa shape index (κ2) is 8.12. The monoisotopic (exact) mass is 381 g/mol. The summed E-state index contributed by atoms with van der Waals surface area (Å²) in [5.41, 5.74) is 3.43. The van der Waals surface area contributed by atoms with E-state index in [1.807, 2.05) is 41.2 Å². The molecule has 28 heavy (non-hydrogen) atoms. The number of piperidine rings is 1. The number of halogens is 1. The van der Waals surface area contributed by atoms with E-state index in [4.69, 9.17) is 9.84 Å². The first-order chi connectivity index (χ1) is 13.6. The van der Waals surface area contributed by atoms with Crippen molar-refractivity contribution in [2.24, 2.45) is 0 Å². The number of likely N-dealkylation sites (tertiary alicyclic amines) is 1. The summed E-state index contributed by atoms with van der Waals surface area (Å²) in [6, 6.07) is 14.2. The molecule has 0 saturated carbocycles. The van der Waals surface area contributed by atoms with Gasteiger partial charge in [0.05, 0.1) is 24.6 Å². The van der Waals surface area contributed by atoms with Crippen LogP contribution >= 0.6 is 0 Å². The van der Waals surface area contributed by atoms with Crippen molar-refractivity contribution in [3.63, 3.8) is 0 Å². The molecule has 0 radical (unpaired) electrons. The highest BCUT2D eigenvalue weighted by Gasteiger charge is 2.21. The van der Waals surface area contributed by atoms with Crippen molar-refractivity contribution in [3.05, 3.63) is 66.1 Å². The lowest BCUT2D eigenvalue weighted by Crippen LogP contribution is -2.37. The summed E-state index contributed by atoms with van der Waals surface area (Å²) in [7, 11) is 1.64. The van der Waals surface area contributed by atoms with Crippen molar-refractivity contribution in [3.8, 4) is 22.7 Å². The van der Waals surface area contributed by atoms with Crippen LogP contribution in [0.3, 0.4) is 0 Å². The molecule has 1 aliphatic rings. The highest BCUT2D eigenvalue weighted by Crippen LogP contribution is 2.27. The van der Waals surface area contributed by atoms with Crippen LogP contribution in [-0.2, 0) is 6.54 Å². The van der Waals surface area contributed by atoms with Gasteiger partial charge in [-0.15, -0.1) is 0 Å². The molecule has 4 rings (SSSR count). The summed E-state index contributed by atoms with van der Waals surface area (Å²) in [5.74, 6) is 0.500. The molecule has 1 aliphatic heterocycles. The first-order valence-corrected chi connectivity index (χ1v) is 9.52. The zero-order valence-electron chi connectivity index (χ0n) is 15.9. The number of hydrogen-bond donors (Lipinski definition) is 1. The molecule has 5 nitrogen and oxygen atoms in total. The molecule has 1 aromatic heterocycles. The molecule has 3 aromatic rings. The Balaban J connectivity index is 1.70. The SMILES string of the molecule is COc1ccc(-n2cc(CN3CCC[C@@H](O)C3)c(-c3cccc(F)c3)n2)cc1. The van der Waals surface area contributed by atoms with E-state index in [9.17, 15) is 9.50 Å². The van der Waals surface area contributed by atoms with Crippen molar-refractivity contribution >= 4 is 0 Å². The van der Waals surface area contributed by atoms with Gasteiger partial charge in [-0.05, 0) is 55.8 Å². The molecule has 0 spiro atoms. The van der Waals surface area contributed by atoms with Crippen LogP contribution in [0.4, 0.5) is 4.39 Å². The zero-order valence-corrected chi connectivity index (χ0v) is 15.9. The fourth-order valence-electron chi connectivity index (χ4n) is 3.69. The average Bonchev–Trinajstić information content (AvgIpc) is 3.12. The second-order valence-corrected chi connectivity index (χ2v) is 7.19. The van der Waals surface area contributed by atoms with Crippen molar-refractivity contribution in [1.82, 2.24) is 14.7 Å². The van der Waals surface area contributed by atoms with E-state index in [0.29, 0.717) is 13.1 Å². The first-order valence-electron chi connectivity index (χ1n) is 9.52. The maximum Gasteiger partial charge on any atom is 0.123 e. The lowest BCUT2D eigenvalue weighted by atomic mass is 10.1. The van der Waals surface area contributed by atoms with Crippen molar-refractivity contribution in [1.29, 1.82) is 0 Å². The Bertz CT molecular complexity index is 939. The Kier molecular flexibility index (Phi) is 5.41.